The standard InChI is InChI=1S/C14H19N5O2/c1-9-5-10(13(20)21)7-11(6-9)15-8-12-16-18-19(17-12)14(2,3)4/h5-7,15H,8H2,1-4H3,(H,20,21). The lowest BCUT2D eigenvalue weighted by atomic mass is 10.1. The van der Waals surface area contributed by atoms with E-state index >= 15 is 0 Å². The fourth-order valence-corrected chi connectivity index (χ4v) is 1.79. The molecule has 7 heteroatoms. The van der Waals surface area contributed by atoms with Gasteiger partial charge in [0.2, 0.25) is 0 Å². The molecule has 2 rings (SSSR count). The summed E-state index contributed by atoms with van der Waals surface area (Å²) in [6, 6.07) is 5.09. The molecular formula is C14H19N5O2. The van der Waals surface area contributed by atoms with Crippen LogP contribution < -0.4 is 5.32 Å². The molecule has 7 nitrogen and oxygen atoms in total. The molecule has 0 spiro atoms. The third-order valence-corrected chi connectivity index (χ3v) is 2.83. The zero-order chi connectivity index (χ0) is 15.6. The topological polar surface area (TPSA) is 92.9 Å². The van der Waals surface area contributed by atoms with Crippen LogP contribution in [0.15, 0.2) is 18.2 Å². The number of tetrazole rings is 1. The first kappa shape index (κ1) is 15.0. The van der Waals surface area contributed by atoms with E-state index in [0.29, 0.717) is 12.4 Å². The maximum absolute atomic E-state index is 11.0. The predicted octanol–water partition coefficient (Wildman–Crippen LogP) is 2.05. The smallest absolute Gasteiger partial charge is 0.335 e. The highest BCUT2D eigenvalue weighted by atomic mass is 16.4. The summed E-state index contributed by atoms with van der Waals surface area (Å²) in [4.78, 5) is 12.6. The Morgan fingerprint density at radius 2 is 2.05 bits per heavy atom. The molecule has 0 radical (unpaired) electrons. The predicted molar refractivity (Wildman–Crippen MR) is 78.3 cm³/mol. The van der Waals surface area contributed by atoms with Crippen LogP contribution in [-0.4, -0.2) is 31.3 Å². The number of benzene rings is 1. The molecule has 0 fully saturated rings. The Bertz CT molecular complexity index is 658. The lowest BCUT2D eigenvalue weighted by molar-refractivity contribution is 0.0697. The maximum Gasteiger partial charge on any atom is 0.335 e. The van der Waals surface area contributed by atoms with E-state index in [-0.39, 0.29) is 11.1 Å². The van der Waals surface area contributed by atoms with Crippen molar-refractivity contribution in [1.82, 2.24) is 20.2 Å². The van der Waals surface area contributed by atoms with Gasteiger partial charge in [-0.15, -0.1) is 10.2 Å². The zero-order valence-corrected chi connectivity index (χ0v) is 12.6. The number of aromatic carboxylic acids is 1. The summed E-state index contributed by atoms with van der Waals surface area (Å²) in [6.45, 7) is 8.22. The first-order valence-electron chi connectivity index (χ1n) is 6.64. The summed E-state index contributed by atoms with van der Waals surface area (Å²) in [5.41, 5.74) is 1.64. The summed E-state index contributed by atoms with van der Waals surface area (Å²) in [7, 11) is 0. The second-order valence-electron chi connectivity index (χ2n) is 5.91. The van der Waals surface area contributed by atoms with Crippen molar-refractivity contribution >= 4 is 11.7 Å². The Labute approximate surface area is 123 Å². The molecule has 2 N–H and O–H groups in total. The number of anilines is 1. The molecule has 112 valence electrons. The van der Waals surface area contributed by atoms with Gasteiger partial charge in [0.25, 0.3) is 0 Å². The number of nitrogens with one attached hydrogen (secondary N) is 1. The number of carboxylic acids is 1. The minimum absolute atomic E-state index is 0.217. The van der Waals surface area contributed by atoms with Crippen LogP contribution in [0, 0.1) is 6.92 Å². The quantitative estimate of drug-likeness (QED) is 0.894. The number of rotatable bonds is 4. The number of carboxylic acid groups (broad SMARTS) is 1. The van der Waals surface area contributed by atoms with E-state index in [1.165, 1.54) is 0 Å². The van der Waals surface area contributed by atoms with Gasteiger partial charge in [-0.3, -0.25) is 0 Å². The number of aromatic nitrogens is 4. The second-order valence-corrected chi connectivity index (χ2v) is 5.91. The SMILES string of the molecule is Cc1cc(NCc2nnn(C(C)(C)C)n2)cc(C(=O)O)c1. The Balaban J connectivity index is 2.10. The van der Waals surface area contributed by atoms with E-state index in [9.17, 15) is 4.79 Å². The van der Waals surface area contributed by atoms with E-state index in [1.807, 2.05) is 33.8 Å². The molecule has 2 aromatic rings. The van der Waals surface area contributed by atoms with Crippen molar-refractivity contribution in [1.29, 1.82) is 0 Å². The minimum atomic E-state index is -0.946. The molecule has 0 amide bonds. The molecule has 1 aromatic carbocycles. The summed E-state index contributed by atoms with van der Waals surface area (Å²) in [5.74, 6) is -0.387. The summed E-state index contributed by atoms with van der Waals surface area (Å²) < 4.78 is 0. The first-order chi connectivity index (χ1) is 9.75. The van der Waals surface area contributed by atoms with E-state index in [1.54, 1.807) is 16.9 Å². The number of nitrogens with zero attached hydrogens (tertiary/aromatic N) is 4. The van der Waals surface area contributed by atoms with E-state index < -0.39 is 5.97 Å². The highest BCUT2D eigenvalue weighted by Crippen LogP contribution is 2.15. The van der Waals surface area contributed by atoms with Crippen LogP contribution in [0.2, 0.25) is 0 Å². The van der Waals surface area contributed by atoms with Crippen molar-refractivity contribution in [2.75, 3.05) is 5.32 Å². The van der Waals surface area contributed by atoms with E-state index in [2.05, 4.69) is 20.7 Å². The Hall–Kier alpha value is -2.44. The molecule has 0 saturated carbocycles. The third kappa shape index (κ3) is 3.77. The molecule has 0 atom stereocenters. The highest BCUT2D eigenvalue weighted by molar-refractivity contribution is 5.89. The van der Waals surface area contributed by atoms with Gasteiger partial charge in [-0.1, -0.05) is 0 Å². The number of aryl methyl sites for hydroxylation is 1. The van der Waals surface area contributed by atoms with Gasteiger partial charge in [0.1, 0.15) is 0 Å². The van der Waals surface area contributed by atoms with Crippen LogP contribution in [0.4, 0.5) is 5.69 Å². The molecule has 0 saturated heterocycles. The van der Waals surface area contributed by atoms with Crippen molar-refractivity contribution in [3.8, 4) is 0 Å². The molecule has 1 heterocycles. The Kier molecular flexibility index (Phi) is 3.93. The van der Waals surface area contributed by atoms with Crippen LogP contribution in [0.1, 0.15) is 42.5 Å². The van der Waals surface area contributed by atoms with Crippen molar-refractivity contribution in [3.05, 3.63) is 35.2 Å². The van der Waals surface area contributed by atoms with Crippen molar-refractivity contribution in [3.63, 3.8) is 0 Å². The third-order valence-electron chi connectivity index (χ3n) is 2.83. The molecular weight excluding hydrogens is 270 g/mol. The van der Waals surface area contributed by atoms with Gasteiger partial charge in [0, 0.05) is 5.69 Å². The van der Waals surface area contributed by atoms with E-state index in [4.69, 9.17) is 5.11 Å². The lowest BCUT2D eigenvalue weighted by Gasteiger charge is -2.15. The van der Waals surface area contributed by atoms with Crippen LogP contribution in [0.3, 0.4) is 0 Å². The molecule has 21 heavy (non-hydrogen) atoms. The number of carbonyl (C=O) groups is 1. The second kappa shape index (κ2) is 5.51. The van der Waals surface area contributed by atoms with Crippen LogP contribution in [0.5, 0.6) is 0 Å². The summed E-state index contributed by atoms with van der Waals surface area (Å²) >= 11 is 0. The monoisotopic (exact) mass is 289 g/mol. The lowest BCUT2D eigenvalue weighted by Crippen LogP contribution is -2.24. The van der Waals surface area contributed by atoms with Crippen LogP contribution in [0.25, 0.3) is 0 Å². The van der Waals surface area contributed by atoms with Gasteiger partial charge < -0.3 is 10.4 Å². The maximum atomic E-state index is 11.0. The highest BCUT2D eigenvalue weighted by Gasteiger charge is 2.16. The van der Waals surface area contributed by atoms with Crippen LogP contribution in [-0.2, 0) is 12.1 Å². The van der Waals surface area contributed by atoms with Crippen molar-refractivity contribution in [2.45, 2.75) is 39.8 Å². The zero-order valence-electron chi connectivity index (χ0n) is 12.6. The Morgan fingerprint density at radius 1 is 1.33 bits per heavy atom. The van der Waals surface area contributed by atoms with E-state index in [0.717, 1.165) is 11.3 Å². The van der Waals surface area contributed by atoms with Gasteiger partial charge in [-0.2, -0.15) is 4.80 Å². The average molecular weight is 289 g/mol. The molecule has 0 aliphatic heterocycles. The molecule has 0 unspecified atom stereocenters. The van der Waals surface area contributed by atoms with Crippen LogP contribution >= 0.6 is 0 Å². The molecule has 0 aliphatic rings. The number of hydrogen-bond donors (Lipinski definition) is 2. The fourth-order valence-electron chi connectivity index (χ4n) is 1.79. The average Bonchev–Trinajstić information content (AvgIpc) is 2.84. The number of hydrogen-bond acceptors (Lipinski definition) is 5. The molecule has 0 bridgehead atoms. The van der Waals surface area contributed by atoms with Gasteiger partial charge >= 0.3 is 5.97 Å². The van der Waals surface area contributed by atoms with Gasteiger partial charge in [-0.25, -0.2) is 4.79 Å². The summed E-state index contributed by atoms with van der Waals surface area (Å²) in [6.07, 6.45) is 0. The summed E-state index contributed by atoms with van der Waals surface area (Å²) in [5, 5.41) is 24.4. The van der Waals surface area contributed by atoms with Gasteiger partial charge in [-0.05, 0) is 56.7 Å². The largest absolute Gasteiger partial charge is 0.478 e. The fraction of sp³-hybridized carbons (Fsp3) is 0.429. The van der Waals surface area contributed by atoms with Crippen molar-refractivity contribution in [2.24, 2.45) is 0 Å². The normalized spacial score (nSPS) is 11.4. The van der Waals surface area contributed by atoms with Crippen molar-refractivity contribution < 1.29 is 9.90 Å². The first-order valence-corrected chi connectivity index (χ1v) is 6.64. The van der Waals surface area contributed by atoms with Gasteiger partial charge in [0.15, 0.2) is 5.82 Å². The minimum Gasteiger partial charge on any atom is -0.478 e. The Morgan fingerprint density at radius 3 is 2.62 bits per heavy atom. The molecule has 1 aromatic heterocycles. The molecule has 0 aliphatic carbocycles. The van der Waals surface area contributed by atoms with Gasteiger partial charge in [0.05, 0.1) is 17.6 Å².